The highest BCUT2D eigenvalue weighted by Crippen LogP contribution is 2.35. The van der Waals surface area contributed by atoms with Crippen molar-refractivity contribution in [3.63, 3.8) is 0 Å². The van der Waals surface area contributed by atoms with Gasteiger partial charge in [0.1, 0.15) is 5.75 Å². The highest BCUT2D eigenvalue weighted by atomic mass is 32.1. The van der Waals surface area contributed by atoms with E-state index in [4.69, 9.17) is 4.74 Å². The van der Waals surface area contributed by atoms with Crippen LogP contribution in [0.5, 0.6) is 5.75 Å². The molecule has 0 spiro atoms. The number of hydrogen-bond donors (Lipinski definition) is 0. The summed E-state index contributed by atoms with van der Waals surface area (Å²) >= 11 is 1.74. The lowest BCUT2D eigenvalue weighted by Crippen LogP contribution is -2.41. The van der Waals surface area contributed by atoms with Gasteiger partial charge in [-0.1, -0.05) is 13.0 Å². The van der Waals surface area contributed by atoms with Gasteiger partial charge < -0.3 is 9.64 Å². The van der Waals surface area contributed by atoms with E-state index in [-0.39, 0.29) is 24.2 Å². The zero-order chi connectivity index (χ0) is 17.1. The number of fused-ring (bicyclic) bond motifs is 1. The average molecular weight is 346 g/mol. The van der Waals surface area contributed by atoms with E-state index in [1.54, 1.807) is 23.5 Å². The molecule has 7 heteroatoms. The second kappa shape index (κ2) is 7.00. The Bertz CT molecular complexity index is 759. The van der Waals surface area contributed by atoms with Gasteiger partial charge in [-0.05, 0) is 35.9 Å². The summed E-state index contributed by atoms with van der Waals surface area (Å²) in [6, 6.07) is 8.06. The first kappa shape index (κ1) is 16.4. The Labute approximate surface area is 143 Å². The second-order valence-corrected chi connectivity index (χ2v) is 6.60. The van der Waals surface area contributed by atoms with Crippen LogP contribution in [0.2, 0.25) is 0 Å². The van der Waals surface area contributed by atoms with Gasteiger partial charge in [-0.15, -0.1) is 11.3 Å². The van der Waals surface area contributed by atoms with E-state index >= 15 is 0 Å². The molecule has 1 aromatic heterocycles. The van der Waals surface area contributed by atoms with Gasteiger partial charge in [0.15, 0.2) is 6.61 Å². The number of non-ortho nitro benzene ring substituents is 1. The van der Waals surface area contributed by atoms with E-state index in [2.05, 4.69) is 18.4 Å². The van der Waals surface area contributed by atoms with Gasteiger partial charge in [0, 0.05) is 17.5 Å². The molecule has 0 fully saturated rings. The maximum absolute atomic E-state index is 12.6. The molecule has 0 N–H and O–H groups in total. The van der Waals surface area contributed by atoms with Gasteiger partial charge in [0.05, 0.1) is 17.0 Å². The fourth-order valence-electron chi connectivity index (χ4n) is 3.05. The van der Waals surface area contributed by atoms with E-state index in [1.807, 2.05) is 4.90 Å². The molecule has 126 valence electrons. The summed E-state index contributed by atoms with van der Waals surface area (Å²) in [5, 5.41) is 12.9. The van der Waals surface area contributed by atoms with Crippen molar-refractivity contribution in [1.29, 1.82) is 0 Å². The molecule has 1 aromatic carbocycles. The third-order valence-electron chi connectivity index (χ3n) is 4.19. The number of nitro benzene ring substituents is 1. The van der Waals surface area contributed by atoms with Crippen LogP contribution in [0.4, 0.5) is 5.69 Å². The van der Waals surface area contributed by atoms with Crippen LogP contribution in [0, 0.1) is 10.1 Å². The number of carbonyl (C=O) groups excluding carboxylic acids is 1. The average Bonchev–Trinajstić information content (AvgIpc) is 3.07. The summed E-state index contributed by atoms with van der Waals surface area (Å²) in [6.07, 6.45) is 1.72. The third-order valence-corrected chi connectivity index (χ3v) is 5.19. The van der Waals surface area contributed by atoms with Crippen LogP contribution < -0.4 is 4.74 Å². The first-order valence-electron chi connectivity index (χ1n) is 7.83. The molecule has 1 aliphatic rings. The number of ether oxygens (including phenoxy) is 1. The standard InChI is InChI=1S/C17H18N2O4S/c1-2-15-14-7-9-24-16(14)6-8-18(15)17(20)11-23-13-5-3-4-12(10-13)19(21)22/h3-5,7,9-10,15H,2,6,8,11H2,1H3. The molecule has 1 amide bonds. The van der Waals surface area contributed by atoms with E-state index < -0.39 is 4.92 Å². The quantitative estimate of drug-likeness (QED) is 0.613. The Morgan fingerprint density at radius 2 is 2.29 bits per heavy atom. The maximum Gasteiger partial charge on any atom is 0.273 e. The number of hydrogen-bond acceptors (Lipinski definition) is 5. The van der Waals surface area contributed by atoms with Crippen molar-refractivity contribution in [3.05, 3.63) is 56.3 Å². The van der Waals surface area contributed by atoms with Gasteiger partial charge >= 0.3 is 0 Å². The Hall–Kier alpha value is -2.41. The van der Waals surface area contributed by atoms with E-state index in [9.17, 15) is 14.9 Å². The Kier molecular flexibility index (Phi) is 4.80. The fraction of sp³-hybridized carbons (Fsp3) is 0.353. The molecule has 0 saturated carbocycles. The molecular weight excluding hydrogens is 328 g/mol. The van der Waals surface area contributed by atoms with E-state index in [1.165, 1.54) is 22.6 Å². The molecule has 0 aliphatic carbocycles. The minimum atomic E-state index is -0.482. The molecule has 1 unspecified atom stereocenters. The number of amides is 1. The molecule has 6 nitrogen and oxygen atoms in total. The fourth-order valence-corrected chi connectivity index (χ4v) is 3.98. The van der Waals surface area contributed by atoms with Gasteiger partial charge in [-0.25, -0.2) is 0 Å². The van der Waals surface area contributed by atoms with Gasteiger partial charge in [-0.3, -0.25) is 14.9 Å². The molecule has 2 aromatic rings. The molecule has 0 radical (unpaired) electrons. The van der Waals surface area contributed by atoms with Crippen LogP contribution >= 0.6 is 11.3 Å². The third kappa shape index (κ3) is 3.26. The van der Waals surface area contributed by atoms with Crippen LogP contribution in [0.1, 0.15) is 29.8 Å². The zero-order valence-electron chi connectivity index (χ0n) is 13.3. The molecule has 24 heavy (non-hydrogen) atoms. The smallest absolute Gasteiger partial charge is 0.273 e. The lowest BCUT2D eigenvalue weighted by atomic mass is 9.98. The first-order valence-corrected chi connectivity index (χ1v) is 8.71. The van der Waals surface area contributed by atoms with Crippen LogP contribution in [-0.2, 0) is 11.2 Å². The number of benzene rings is 1. The Balaban J connectivity index is 1.67. The predicted molar refractivity (Wildman–Crippen MR) is 91.4 cm³/mol. The molecule has 3 rings (SSSR count). The molecule has 1 aliphatic heterocycles. The SMILES string of the molecule is CCC1c2ccsc2CCN1C(=O)COc1cccc([N+](=O)[O-])c1. The number of carbonyl (C=O) groups is 1. The van der Waals surface area contributed by atoms with Crippen LogP contribution in [0.15, 0.2) is 35.7 Å². The second-order valence-electron chi connectivity index (χ2n) is 5.60. The van der Waals surface area contributed by atoms with Crippen molar-refractivity contribution in [2.24, 2.45) is 0 Å². The van der Waals surface area contributed by atoms with E-state index in [0.29, 0.717) is 12.3 Å². The van der Waals surface area contributed by atoms with Crippen molar-refractivity contribution >= 4 is 22.9 Å². The molecule has 0 saturated heterocycles. The largest absolute Gasteiger partial charge is 0.484 e. The van der Waals surface area contributed by atoms with Gasteiger partial charge in [0.25, 0.3) is 11.6 Å². The predicted octanol–water partition coefficient (Wildman–Crippen LogP) is 3.57. The minimum absolute atomic E-state index is 0.0488. The van der Waals surface area contributed by atoms with Crippen LogP contribution in [-0.4, -0.2) is 28.9 Å². The molecule has 1 atom stereocenters. The summed E-state index contributed by atoms with van der Waals surface area (Å²) in [4.78, 5) is 26.1. The van der Waals surface area contributed by atoms with Crippen molar-refractivity contribution in [1.82, 2.24) is 4.90 Å². The molecule has 0 bridgehead atoms. The lowest BCUT2D eigenvalue weighted by molar-refractivity contribution is -0.384. The zero-order valence-corrected chi connectivity index (χ0v) is 14.1. The van der Waals surface area contributed by atoms with Crippen LogP contribution in [0.25, 0.3) is 0 Å². The minimum Gasteiger partial charge on any atom is -0.484 e. The topological polar surface area (TPSA) is 72.7 Å². The molecular formula is C17H18N2O4S. The number of nitrogens with zero attached hydrogens (tertiary/aromatic N) is 2. The summed E-state index contributed by atoms with van der Waals surface area (Å²) in [6.45, 7) is 2.64. The van der Waals surface area contributed by atoms with Gasteiger partial charge in [0.2, 0.25) is 0 Å². The highest BCUT2D eigenvalue weighted by molar-refractivity contribution is 7.10. The number of thiophene rings is 1. The van der Waals surface area contributed by atoms with Crippen molar-refractivity contribution in [2.45, 2.75) is 25.8 Å². The van der Waals surface area contributed by atoms with Crippen molar-refractivity contribution in [3.8, 4) is 5.75 Å². The van der Waals surface area contributed by atoms with Gasteiger partial charge in [-0.2, -0.15) is 0 Å². The summed E-state index contributed by atoms with van der Waals surface area (Å²) in [5.74, 6) is 0.240. The summed E-state index contributed by atoms with van der Waals surface area (Å²) in [7, 11) is 0. The highest BCUT2D eigenvalue weighted by Gasteiger charge is 2.30. The Morgan fingerprint density at radius 3 is 3.04 bits per heavy atom. The monoisotopic (exact) mass is 346 g/mol. The normalized spacial score (nSPS) is 16.5. The summed E-state index contributed by atoms with van der Waals surface area (Å²) in [5.41, 5.74) is 1.18. The van der Waals surface area contributed by atoms with E-state index in [0.717, 1.165) is 12.8 Å². The molecule has 2 heterocycles. The maximum atomic E-state index is 12.6. The number of rotatable bonds is 5. The number of nitro groups is 1. The first-order chi connectivity index (χ1) is 11.6. The van der Waals surface area contributed by atoms with Crippen molar-refractivity contribution < 1.29 is 14.5 Å². The van der Waals surface area contributed by atoms with Crippen LogP contribution in [0.3, 0.4) is 0 Å². The Morgan fingerprint density at radius 1 is 1.46 bits per heavy atom. The summed E-state index contributed by atoms with van der Waals surface area (Å²) < 4.78 is 5.48. The van der Waals surface area contributed by atoms with Crippen molar-refractivity contribution in [2.75, 3.05) is 13.2 Å². The lowest BCUT2D eigenvalue weighted by Gasteiger charge is -2.35.